The highest BCUT2D eigenvalue weighted by molar-refractivity contribution is 6.33. The van der Waals surface area contributed by atoms with Gasteiger partial charge in [0.2, 0.25) is 5.91 Å². The number of halogens is 1. The van der Waals surface area contributed by atoms with Gasteiger partial charge in [0.05, 0.1) is 10.7 Å². The first-order valence-electron chi connectivity index (χ1n) is 6.92. The Morgan fingerprint density at radius 2 is 2.16 bits per heavy atom. The number of benzene rings is 1. The second-order valence-corrected chi connectivity index (χ2v) is 5.67. The van der Waals surface area contributed by atoms with Crippen LogP contribution in [0, 0.1) is 12.8 Å². The summed E-state index contributed by atoms with van der Waals surface area (Å²) in [5.74, 6) is 0.742. The first-order valence-corrected chi connectivity index (χ1v) is 7.29. The third-order valence-corrected chi connectivity index (χ3v) is 3.96. The number of amides is 1. The molecule has 0 spiro atoms. The molecule has 0 aliphatic carbocycles. The lowest BCUT2D eigenvalue weighted by atomic mass is 9.93. The van der Waals surface area contributed by atoms with Gasteiger partial charge in [0, 0.05) is 6.42 Å². The smallest absolute Gasteiger partial charge is 0.224 e. The molecule has 2 N–H and O–H groups in total. The van der Waals surface area contributed by atoms with E-state index in [0.717, 1.165) is 30.8 Å². The van der Waals surface area contributed by atoms with Crippen LogP contribution < -0.4 is 10.6 Å². The Kier molecular flexibility index (Phi) is 5.23. The van der Waals surface area contributed by atoms with E-state index in [1.165, 1.54) is 12.8 Å². The van der Waals surface area contributed by atoms with Crippen molar-refractivity contribution >= 4 is 23.2 Å². The number of piperidine rings is 1. The van der Waals surface area contributed by atoms with Crippen LogP contribution in [0.25, 0.3) is 0 Å². The SMILES string of the molecule is Cc1ccc(Cl)c(NC(=O)CCC2CCNCC2)c1. The molecule has 19 heavy (non-hydrogen) atoms. The predicted octanol–water partition coefficient (Wildman–Crippen LogP) is 3.37. The van der Waals surface area contributed by atoms with Gasteiger partial charge in [0.25, 0.3) is 0 Å². The van der Waals surface area contributed by atoms with Crippen molar-refractivity contribution in [2.75, 3.05) is 18.4 Å². The molecule has 1 saturated heterocycles. The van der Waals surface area contributed by atoms with Gasteiger partial charge in [-0.05, 0) is 62.9 Å². The van der Waals surface area contributed by atoms with E-state index in [1.54, 1.807) is 0 Å². The van der Waals surface area contributed by atoms with Crippen molar-refractivity contribution in [3.05, 3.63) is 28.8 Å². The molecule has 1 aromatic rings. The molecular formula is C15H21ClN2O. The average molecular weight is 281 g/mol. The molecular weight excluding hydrogens is 260 g/mol. The van der Waals surface area contributed by atoms with Crippen LogP contribution >= 0.6 is 11.6 Å². The molecule has 0 aromatic heterocycles. The van der Waals surface area contributed by atoms with Crippen LogP contribution in [0.5, 0.6) is 0 Å². The Labute approximate surface area is 119 Å². The van der Waals surface area contributed by atoms with Crippen LogP contribution in [0.2, 0.25) is 5.02 Å². The summed E-state index contributed by atoms with van der Waals surface area (Å²) in [7, 11) is 0. The van der Waals surface area contributed by atoms with Gasteiger partial charge in [-0.25, -0.2) is 0 Å². The zero-order valence-corrected chi connectivity index (χ0v) is 12.1. The van der Waals surface area contributed by atoms with Gasteiger partial charge < -0.3 is 10.6 Å². The van der Waals surface area contributed by atoms with E-state index >= 15 is 0 Å². The summed E-state index contributed by atoms with van der Waals surface area (Å²) in [5.41, 5.74) is 1.81. The first kappa shape index (κ1) is 14.4. The molecule has 0 atom stereocenters. The summed E-state index contributed by atoms with van der Waals surface area (Å²) in [6.07, 6.45) is 3.91. The van der Waals surface area contributed by atoms with Gasteiger partial charge in [-0.3, -0.25) is 4.79 Å². The normalized spacial score (nSPS) is 16.3. The van der Waals surface area contributed by atoms with Gasteiger partial charge in [0.15, 0.2) is 0 Å². The highest BCUT2D eigenvalue weighted by Crippen LogP contribution is 2.24. The Morgan fingerprint density at radius 1 is 1.42 bits per heavy atom. The molecule has 1 fully saturated rings. The van der Waals surface area contributed by atoms with Crippen molar-refractivity contribution in [1.29, 1.82) is 0 Å². The number of carbonyl (C=O) groups is 1. The number of aryl methyl sites for hydroxylation is 1. The number of rotatable bonds is 4. The van der Waals surface area contributed by atoms with Crippen molar-refractivity contribution < 1.29 is 4.79 Å². The van der Waals surface area contributed by atoms with Crippen molar-refractivity contribution in [2.24, 2.45) is 5.92 Å². The molecule has 2 rings (SSSR count). The Bertz CT molecular complexity index is 442. The summed E-state index contributed by atoms with van der Waals surface area (Å²) >= 11 is 6.07. The van der Waals surface area contributed by atoms with Gasteiger partial charge in [0.1, 0.15) is 0 Å². The summed E-state index contributed by atoms with van der Waals surface area (Å²) in [5, 5.41) is 6.84. The van der Waals surface area contributed by atoms with E-state index in [-0.39, 0.29) is 5.91 Å². The monoisotopic (exact) mass is 280 g/mol. The van der Waals surface area contributed by atoms with Crippen LogP contribution in [0.1, 0.15) is 31.2 Å². The molecule has 1 aliphatic rings. The quantitative estimate of drug-likeness (QED) is 0.888. The second kappa shape index (κ2) is 6.92. The number of hydrogen-bond acceptors (Lipinski definition) is 2. The number of nitrogens with one attached hydrogen (secondary N) is 2. The Hall–Kier alpha value is -1.06. The molecule has 0 radical (unpaired) electrons. The molecule has 104 valence electrons. The number of hydrogen-bond donors (Lipinski definition) is 2. The van der Waals surface area contributed by atoms with Gasteiger partial charge in [-0.15, -0.1) is 0 Å². The van der Waals surface area contributed by atoms with Gasteiger partial charge in [-0.2, -0.15) is 0 Å². The minimum atomic E-state index is 0.0611. The molecule has 0 saturated carbocycles. The summed E-state index contributed by atoms with van der Waals surface area (Å²) in [4.78, 5) is 11.9. The van der Waals surface area contributed by atoms with E-state index in [0.29, 0.717) is 17.4 Å². The zero-order valence-electron chi connectivity index (χ0n) is 11.3. The molecule has 0 bridgehead atoms. The van der Waals surface area contributed by atoms with Gasteiger partial charge >= 0.3 is 0 Å². The van der Waals surface area contributed by atoms with Crippen LogP contribution in [0.15, 0.2) is 18.2 Å². The van der Waals surface area contributed by atoms with E-state index in [4.69, 9.17) is 11.6 Å². The fraction of sp³-hybridized carbons (Fsp3) is 0.533. The van der Waals surface area contributed by atoms with E-state index < -0.39 is 0 Å². The van der Waals surface area contributed by atoms with Crippen molar-refractivity contribution in [2.45, 2.75) is 32.6 Å². The number of carbonyl (C=O) groups excluding carboxylic acids is 1. The van der Waals surface area contributed by atoms with Crippen LogP contribution in [0.4, 0.5) is 5.69 Å². The summed E-state index contributed by atoms with van der Waals surface area (Å²) < 4.78 is 0. The average Bonchev–Trinajstić information content (AvgIpc) is 2.42. The van der Waals surface area contributed by atoms with E-state index in [9.17, 15) is 4.79 Å². The fourth-order valence-electron chi connectivity index (χ4n) is 2.45. The molecule has 1 aromatic carbocycles. The maximum atomic E-state index is 11.9. The van der Waals surface area contributed by atoms with E-state index in [2.05, 4.69) is 10.6 Å². The standard InChI is InChI=1S/C15H21ClN2O/c1-11-2-4-13(16)14(10-11)18-15(19)5-3-12-6-8-17-9-7-12/h2,4,10,12,17H,3,5-9H2,1H3,(H,18,19). The molecule has 0 unspecified atom stereocenters. The Morgan fingerprint density at radius 3 is 2.89 bits per heavy atom. The third-order valence-electron chi connectivity index (χ3n) is 3.63. The largest absolute Gasteiger partial charge is 0.325 e. The van der Waals surface area contributed by atoms with Crippen LogP contribution in [-0.2, 0) is 4.79 Å². The first-order chi connectivity index (χ1) is 9.15. The van der Waals surface area contributed by atoms with Crippen LogP contribution in [-0.4, -0.2) is 19.0 Å². The van der Waals surface area contributed by atoms with Crippen molar-refractivity contribution in [1.82, 2.24) is 5.32 Å². The topological polar surface area (TPSA) is 41.1 Å². The Balaban J connectivity index is 1.81. The molecule has 3 nitrogen and oxygen atoms in total. The third kappa shape index (κ3) is 4.51. The molecule has 1 amide bonds. The van der Waals surface area contributed by atoms with E-state index in [1.807, 2.05) is 25.1 Å². The lowest BCUT2D eigenvalue weighted by molar-refractivity contribution is -0.116. The lowest BCUT2D eigenvalue weighted by Gasteiger charge is -2.22. The molecule has 1 heterocycles. The fourth-order valence-corrected chi connectivity index (χ4v) is 2.62. The minimum absolute atomic E-state index is 0.0611. The van der Waals surface area contributed by atoms with Gasteiger partial charge in [-0.1, -0.05) is 17.7 Å². The van der Waals surface area contributed by atoms with Crippen molar-refractivity contribution in [3.8, 4) is 0 Å². The van der Waals surface area contributed by atoms with Crippen molar-refractivity contribution in [3.63, 3.8) is 0 Å². The highest BCUT2D eigenvalue weighted by atomic mass is 35.5. The molecule has 4 heteroatoms. The maximum Gasteiger partial charge on any atom is 0.224 e. The zero-order chi connectivity index (χ0) is 13.7. The lowest BCUT2D eigenvalue weighted by Crippen LogP contribution is -2.28. The second-order valence-electron chi connectivity index (χ2n) is 5.26. The van der Waals surface area contributed by atoms with Crippen LogP contribution in [0.3, 0.4) is 0 Å². The maximum absolute atomic E-state index is 11.9. The minimum Gasteiger partial charge on any atom is -0.325 e. The number of anilines is 1. The summed E-state index contributed by atoms with van der Waals surface area (Å²) in [6, 6.07) is 5.66. The highest BCUT2D eigenvalue weighted by Gasteiger charge is 2.15. The molecule has 1 aliphatic heterocycles. The predicted molar refractivity (Wildman–Crippen MR) is 79.6 cm³/mol. The summed E-state index contributed by atoms with van der Waals surface area (Å²) in [6.45, 7) is 4.15.